The second-order valence-corrected chi connectivity index (χ2v) is 7.74. The van der Waals surface area contributed by atoms with Crippen molar-refractivity contribution in [3.63, 3.8) is 0 Å². The van der Waals surface area contributed by atoms with E-state index in [1.165, 1.54) is 89.9 Å². The lowest BCUT2D eigenvalue weighted by Gasteiger charge is -2.29. The van der Waals surface area contributed by atoms with E-state index in [4.69, 9.17) is 11.5 Å². The molecule has 1 atom stereocenters. The first-order valence-electron chi connectivity index (χ1n) is 10.8. The van der Waals surface area contributed by atoms with Gasteiger partial charge in [0.15, 0.2) is 0 Å². The highest BCUT2D eigenvalue weighted by Gasteiger charge is 2.26. The summed E-state index contributed by atoms with van der Waals surface area (Å²) in [6, 6.07) is 0. The van der Waals surface area contributed by atoms with Crippen LogP contribution in [-0.2, 0) is 0 Å². The molecule has 146 valence electrons. The average Bonchev–Trinajstić information content (AvgIpc) is 2.57. The van der Waals surface area contributed by atoms with Gasteiger partial charge in [-0.2, -0.15) is 0 Å². The zero-order chi connectivity index (χ0) is 18.1. The minimum absolute atomic E-state index is 0.579. The van der Waals surface area contributed by atoms with Crippen LogP contribution in [0.1, 0.15) is 123 Å². The van der Waals surface area contributed by atoms with Gasteiger partial charge in [0.1, 0.15) is 0 Å². The van der Waals surface area contributed by atoms with Gasteiger partial charge < -0.3 is 16.6 Å². The number of unbranched alkanes of at least 4 members (excludes halogenated alkanes) is 14. The Morgan fingerprint density at radius 2 is 0.958 bits per heavy atom. The van der Waals surface area contributed by atoms with Crippen LogP contribution in [0.3, 0.4) is 0 Å². The predicted molar refractivity (Wildman–Crippen MR) is 107 cm³/mol. The third kappa shape index (κ3) is 14.2. The Kier molecular flexibility index (Phi) is 16.3. The lowest BCUT2D eigenvalue weighted by Crippen LogP contribution is -2.58. The summed E-state index contributed by atoms with van der Waals surface area (Å²) < 4.78 is 0. The van der Waals surface area contributed by atoms with E-state index in [9.17, 15) is 5.11 Å². The highest BCUT2D eigenvalue weighted by atomic mass is 16.3. The lowest BCUT2D eigenvalue weighted by atomic mass is 9.95. The number of aliphatic hydroxyl groups excluding tert-OH is 1. The Bertz CT molecular complexity index is 256. The van der Waals surface area contributed by atoms with Crippen LogP contribution in [0.25, 0.3) is 0 Å². The molecule has 3 nitrogen and oxygen atoms in total. The highest BCUT2D eigenvalue weighted by Crippen LogP contribution is 2.16. The molecule has 24 heavy (non-hydrogen) atoms. The van der Waals surface area contributed by atoms with Crippen molar-refractivity contribution in [2.45, 2.75) is 135 Å². The number of nitrogens with two attached hydrogens (primary N) is 2. The van der Waals surface area contributed by atoms with Gasteiger partial charge in [-0.15, -0.1) is 0 Å². The SMILES string of the molecule is CCCCCCCCCCCCCCCCCC(N)(N)C(O)CC. The van der Waals surface area contributed by atoms with E-state index >= 15 is 0 Å². The van der Waals surface area contributed by atoms with Crippen molar-refractivity contribution in [2.24, 2.45) is 11.5 Å². The first-order valence-corrected chi connectivity index (χ1v) is 10.8. The van der Waals surface area contributed by atoms with Crippen molar-refractivity contribution in [3.05, 3.63) is 0 Å². The molecule has 0 aromatic heterocycles. The van der Waals surface area contributed by atoms with Crippen LogP contribution in [0.15, 0.2) is 0 Å². The molecule has 0 radical (unpaired) electrons. The maximum Gasteiger partial charge on any atom is 0.0903 e. The summed E-state index contributed by atoms with van der Waals surface area (Å²) in [6.45, 7) is 4.20. The van der Waals surface area contributed by atoms with Gasteiger partial charge in [-0.05, 0) is 12.8 Å². The average molecular weight is 343 g/mol. The van der Waals surface area contributed by atoms with Gasteiger partial charge in [0, 0.05) is 0 Å². The fourth-order valence-electron chi connectivity index (χ4n) is 3.35. The summed E-state index contributed by atoms with van der Waals surface area (Å²) >= 11 is 0. The summed E-state index contributed by atoms with van der Waals surface area (Å²) in [5.74, 6) is 0. The predicted octanol–water partition coefficient (Wildman–Crippen LogP) is 5.63. The van der Waals surface area contributed by atoms with Crippen LogP contribution in [0.4, 0.5) is 0 Å². The number of aliphatic hydroxyl groups is 1. The first-order chi connectivity index (χ1) is 11.5. The zero-order valence-electron chi connectivity index (χ0n) is 16.7. The summed E-state index contributed by atoms with van der Waals surface area (Å²) in [7, 11) is 0. The van der Waals surface area contributed by atoms with Gasteiger partial charge in [-0.1, -0.05) is 110 Å². The van der Waals surface area contributed by atoms with Crippen LogP contribution in [0.5, 0.6) is 0 Å². The molecule has 0 saturated heterocycles. The third-order valence-corrected chi connectivity index (χ3v) is 5.22. The molecule has 0 aromatic carbocycles. The Balaban J connectivity index is 3.21. The second kappa shape index (κ2) is 16.4. The van der Waals surface area contributed by atoms with Crippen molar-refractivity contribution >= 4 is 0 Å². The molecule has 0 rings (SSSR count). The van der Waals surface area contributed by atoms with Gasteiger partial charge in [-0.25, -0.2) is 0 Å². The van der Waals surface area contributed by atoms with E-state index in [1.807, 2.05) is 6.92 Å². The van der Waals surface area contributed by atoms with Gasteiger partial charge in [-0.3, -0.25) is 0 Å². The Labute approximate surface area is 152 Å². The lowest BCUT2D eigenvalue weighted by molar-refractivity contribution is 0.0763. The maximum atomic E-state index is 9.75. The van der Waals surface area contributed by atoms with Crippen molar-refractivity contribution in [3.8, 4) is 0 Å². The second-order valence-electron chi connectivity index (χ2n) is 7.74. The Hall–Kier alpha value is -0.120. The standard InChI is InChI=1S/C21H46N2O/c1-3-5-6-7-8-9-10-11-12-13-14-15-16-17-18-19-21(22,23)20(24)4-2/h20,24H,3-19,22-23H2,1-2H3. The fourth-order valence-corrected chi connectivity index (χ4v) is 3.35. The van der Waals surface area contributed by atoms with Gasteiger partial charge in [0.25, 0.3) is 0 Å². The Morgan fingerprint density at radius 3 is 1.29 bits per heavy atom. The molecule has 0 spiro atoms. The normalized spacial score (nSPS) is 13.4. The molecule has 0 amide bonds. The molecule has 0 aromatic rings. The molecule has 3 heteroatoms. The minimum Gasteiger partial charge on any atom is -0.390 e. The molecule has 5 N–H and O–H groups in total. The monoisotopic (exact) mass is 342 g/mol. The van der Waals surface area contributed by atoms with E-state index in [2.05, 4.69) is 6.92 Å². The topological polar surface area (TPSA) is 72.3 Å². The Morgan fingerprint density at radius 1 is 0.625 bits per heavy atom. The van der Waals surface area contributed by atoms with Crippen molar-refractivity contribution < 1.29 is 5.11 Å². The molecule has 0 bridgehead atoms. The van der Waals surface area contributed by atoms with E-state index in [0.29, 0.717) is 6.42 Å². The first kappa shape index (κ1) is 23.9. The summed E-state index contributed by atoms with van der Waals surface area (Å²) in [5, 5.41) is 9.75. The van der Waals surface area contributed by atoms with Gasteiger partial charge in [0.05, 0.1) is 11.8 Å². The molecule has 0 fully saturated rings. The van der Waals surface area contributed by atoms with Crippen LogP contribution >= 0.6 is 0 Å². The molecule has 0 aliphatic carbocycles. The third-order valence-electron chi connectivity index (χ3n) is 5.22. The van der Waals surface area contributed by atoms with Crippen LogP contribution in [-0.4, -0.2) is 16.9 Å². The van der Waals surface area contributed by atoms with E-state index in [0.717, 1.165) is 12.8 Å². The molecule has 0 saturated carbocycles. The quantitative estimate of drug-likeness (QED) is 0.223. The van der Waals surface area contributed by atoms with Crippen LogP contribution in [0, 0.1) is 0 Å². The molecular weight excluding hydrogens is 296 g/mol. The summed E-state index contributed by atoms with van der Waals surface area (Å²) in [6.07, 6.45) is 21.1. The molecule has 0 heterocycles. The smallest absolute Gasteiger partial charge is 0.0903 e. The largest absolute Gasteiger partial charge is 0.390 e. The number of rotatable bonds is 18. The van der Waals surface area contributed by atoms with Gasteiger partial charge in [0.2, 0.25) is 0 Å². The van der Waals surface area contributed by atoms with Crippen LogP contribution in [0.2, 0.25) is 0 Å². The number of hydrogen-bond donors (Lipinski definition) is 3. The molecular formula is C21H46N2O. The molecule has 1 unspecified atom stereocenters. The van der Waals surface area contributed by atoms with E-state index in [-0.39, 0.29) is 0 Å². The van der Waals surface area contributed by atoms with Crippen molar-refractivity contribution in [1.29, 1.82) is 0 Å². The molecule has 0 aliphatic rings. The van der Waals surface area contributed by atoms with Crippen molar-refractivity contribution in [2.75, 3.05) is 0 Å². The number of hydrogen-bond acceptors (Lipinski definition) is 3. The fraction of sp³-hybridized carbons (Fsp3) is 1.00. The van der Waals surface area contributed by atoms with Crippen LogP contribution < -0.4 is 11.5 Å². The van der Waals surface area contributed by atoms with Gasteiger partial charge >= 0.3 is 0 Å². The zero-order valence-corrected chi connectivity index (χ0v) is 16.7. The molecule has 0 aliphatic heterocycles. The van der Waals surface area contributed by atoms with E-state index < -0.39 is 11.8 Å². The minimum atomic E-state index is -0.898. The van der Waals surface area contributed by atoms with Crippen molar-refractivity contribution in [1.82, 2.24) is 0 Å². The van der Waals surface area contributed by atoms with E-state index in [1.54, 1.807) is 0 Å². The summed E-state index contributed by atoms with van der Waals surface area (Å²) in [5.41, 5.74) is 11.0. The maximum absolute atomic E-state index is 9.75. The highest BCUT2D eigenvalue weighted by molar-refractivity contribution is 4.84. The summed E-state index contributed by atoms with van der Waals surface area (Å²) in [4.78, 5) is 0.